The van der Waals surface area contributed by atoms with Gasteiger partial charge in [-0.1, -0.05) is 73.8 Å². The fourth-order valence-corrected chi connectivity index (χ4v) is 1.74. The van der Waals surface area contributed by atoms with E-state index < -0.39 is 0 Å². The van der Waals surface area contributed by atoms with Gasteiger partial charge in [0.1, 0.15) is 0 Å². The van der Waals surface area contributed by atoms with Crippen LogP contribution in [-0.2, 0) is 0 Å². The molecule has 0 aliphatic rings. The molecule has 0 aliphatic heterocycles. The van der Waals surface area contributed by atoms with E-state index in [-0.39, 0.29) is 0 Å². The second kappa shape index (κ2) is 4.63. The molecule has 16 heavy (non-hydrogen) atoms. The van der Waals surface area contributed by atoms with E-state index >= 15 is 0 Å². The molecule has 0 saturated carbocycles. The lowest BCUT2D eigenvalue weighted by atomic mass is 9.95. The summed E-state index contributed by atoms with van der Waals surface area (Å²) in [6.07, 6.45) is 1.79. The first kappa shape index (κ1) is 10.4. The van der Waals surface area contributed by atoms with Crippen LogP contribution in [0.3, 0.4) is 0 Å². The van der Waals surface area contributed by atoms with Gasteiger partial charge >= 0.3 is 0 Å². The Bertz CT molecular complexity index is 507. The third kappa shape index (κ3) is 1.96. The predicted molar refractivity (Wildman–Crippen MR) is 71.1 cm³/mol. The van der Waals surface area contributed by atoms with Gasteiger partial charge in [-0.3, -0.25) is 0 Å². The van der Waals surface area contributed by atoms with Crippen LogP contribution in [0, 0.1) is 0 Å². The fraction of sp³-hybridized carbons (Fsp3) is 0. The molecule has 0 heterocycles. The van der Waals surface area contributed by atoms with E-state index in [1.54, 1.807) is 6.08 Å². The molecule has 0 radical (unpaired) electrons. The van der Waals surface area contributed by atoms with Crippen molar-refractivity contribution in [2.45, 2.75) is 0 Å². The number of benzene rings is 2. The molecule has 0 heteroatoms. The summed E-state index contributed by atoms with van der Waals surface area (Å²) in [5.74, 6) is 0. The Morgan fingerprint density at radius 2 is 1.50 bits per heavy atom. The smallest absolute Gasteiger partial charge is 0.0106 e. The van der Waals surface area contributed by atoms with Crippen molar-refractivity contribution in [3.63, 3.8) is 0 Å². The summed E-state index contributed by atoms with van der Waals surface area (Å²) in [6, 6.07) is 18.6. The van der Waals surface area contributed by atoms with Crippen LogP contribution < -0.4 is 0 Å². The van der Waals surface area contributed by atoms with Crippen LogP contribution in [0.25, 0.3) is 16.7 Å². The van der Waals surface area contributed by atoms with Crippen LogP contribution in [0.4, 0.5) is 0 Å². The first-order chi connectivity index (χ1) is 7.83. The SMILES string of the molecule is C=CC(=C)c1ccccc1-c1ccccc1. The largest absolute Gasteiger partial charge is 0.0985 e. The number of hydrogen-bond donors (Lipinski definition) is 0. The lowest BCUT2D eigenvalue weighted by Crippen LogP contribution is -1.85. The van der Waals surface area contributed by atoms with Gasteiger partial charge in [0.15, 0.2) is 0 Å². The van der Waals surface area contributed by atoms with Crippen molar-refractivity contribution < 1.29 is 0 Å². The molecular formula is C16H14. The second-order valence-electron chi connectivity index (χ2n) is 3.64. The molecule has 0 aromatic heterocycles. The molecule has 0 nitrogen and oxygen atoms in total. The molecule has 0 N–H and O–H groups in total. The van der Waals surface area contributed by atoms with E-state index in [0.29, 0.717) is 0 Å². The van der Waals surface area contributed by atoms with E-state index in [4.69, 9.17) is 0 Å². The minimum Gasteiger partial charge on any atom is -0.0985 e. The zero-order valence-electron chi connectivity index (χ0n) is 9.19. The van der Waals surface area contributed by atoms with Crippen LogP contribution in [0.2, 0.25) is 0 Å². The molecule has 2 aromatic carbocycles. The minimum absolute atomic E-state index is 0.958. The van der Waals surface area contributed by atoms with Crippen LogP contribution >= 0.6 is 0 Å². The summed E-state index contributed by atoms with van der Waals surface area (Å²) >= 11 is 0. The van der Waals surface area contributed by atoms with Crippen molar-refractivity contribution >= 4 is 5.57 Å². The highest BCUT2D eigenvalue weighted by molar-refractivity contribution is 5.84. The zero-order valence-corrected chi connectivity index (χ0v) is 9.19. The van der Waals surface area contributed by atoms with Crippen molar-refractivity contribution in [1.29, 1.82) is 0 Å². The monoisotopic (exact) mass is 206 g/mol. The Kier molecular flexibility index (Phi) is 3.02. The first-order valence-electron chi connectivity index (χ1n) is 5.29. The molecule has 0 amide bonds. The molecule has 0 bridgehead atoms. The quantitative estimate of drug-likeness (QED) is 0.646. The third-order valence-corrected chi connectivity index (χ3v) is 2.60. The maximum Gasteiger partial charge on any atom is -0.0106 e. The summed E-state index contributed by atoms with van der Waals surface area (Å²) in [7, 11) is 0. The summed E-state index contributed by atoms with van der Waals surface area (Å²) < 4.78 is 0. The Balaban J connectivity index is 2.57. The van der Waals surface area contributed by atoms with Gasteiger partial charge in [0, 0.05) is 0 Å². The molecule has 0 spiro atoms. The van der Waals surface area contributed by atoms with Crippen LogP contribution in [0.5, 0.6) is 0 Å². The normalized spacial score (nSPS) is 9.75. The number of allylic oxidation sites excluding steroid dienone is 2. The molecule has 2 rings (SSSR count). The van der Waals surface area contributed by atoms with Gasteiger partial charge in [-0.05, 0) is 22.3 Å². The standard InChI is InChI=1S/C16H14/c1-3-13(2)15-11-7-8-12-16(15)14-9-5-4-6-10-14/h3-12H,1-2H2. The highest BCUT2D eigenvalue weighted by Gasteiger charge is 2.04. The Hall–Kier alpha value is -2.08. The van der Waals surface area contributed by atoms with Crippen LogP contribution in [0.15, 0.2) is 73.8 Å². The van der Waals surface area contributed by atoms with Gasteiger partial charge in [-0.25, -0.2) is 0 Å². The molecule has 0 unspecified atom stereocenters. The Morgan fingerprint density at radius 3 is 2.19 bits per heavy atom. The Morgan fingerprint density at radius 1 is 0.875 bits per heavy atom. The molecule has 0 saturated heterocycles. The van der Waals surface area contributed by atoms with Gasteiger partial charge in [0.2, 0.25) is 0 Å². The summed E-state index contributed by atoms with van der Waals surface area (Å²) in [5, 5.41) is 0. The van der Waals surface area contributed by atoms with Crippen molar-refractivity contribution in [2.24, 2.45) is 0 Å². The fourth-order valence-electron chi connectivity index (χ4n) is 1.74. The van der Waals surface area contributed by atoms with E-state index in [2.05, 4.69) is 37.4 Å². The zero-order chi connectivity index (χ0) is 11.4. The summed E-state index contributed by atoms with van der Waals surface area (Å²) in [6.45, 7) is 7.78. The Labute approximate surface area is 96.6 Å². The minimum atomic E-state index is 0.958. The van der Waals surface area contributed by atoms with Gasteiger partial charge in [-0.2, -0.15) is 0 Å². The predicted octanol–water partition coefficient (Wildman–Crippen LogP) is 4.55. The maximum absolute atomic E-state index is 4.01. The van der Waals surface area contributed by atoms with E-state index in [1.165, 1.54) is 11.1 Å². The topological polar surface area (TPSA) is 0 Å². The lowest BCUT2D eigenvalue weighted by molar-refractivity contribution is 1.57. The van der Waals surface area contributed by atoms with Gasteiger partial charge in [0.25, 0.3) is 0 Å². The summed E-state index contributed by atoms with van der Waals surface area (Å²) in [4.78, 5) is 0. The van der Waals surface area contributed by atoms with Gasteiger partial charge < -0.3 is 0 Å². The van der Waals surface area contributed by atoms with E-state index in [9.17, 15) is 0 Å². The van der Waals surface area contributed by atoms with Crippen molar-refractivity contribution in [2.75, 3.05) is 0 Å². The molecule has 2 aromatic rings. The lowest BCUT2D eigenvalue weighted by Gasteiger charge is -2.09. The van der Waals surface area contributed by atoms with E-state index in [1.807, 2.05) is 30.3 Å². The molecular weight excluding hydrogens is 192 g/mol. The second-order valence-corrected chi connectivity index (χ2v) is 3.64. The van der Waals surface area contributed by atoms with Gasteiger partial charge in [-0.15, -0.1) is 0 Å². The molecule has 0 fully saturated rings. The molecule has 0 atom stereocenters. The van der Waals surface area contributed by atoms with Crippen molar-refractivity contribution in [3.05, 3.63) is 79.4 Å². The van der Waals surface area contributed by atoms with Crippen LogP contribution in [-0.4, -0.2) is 0 Å². The highest BCUT2D eigenvalue weighted by Crippen LogP contribution is 2.28. The summed E-state index contributed by atoms with van der Waals surface area (Å²) in [5.41, 5.74) is 4.51. The average Bonchev–Trinajstić information content (AvgIpc) is 2.39. The molecule has 0 aliphatic carbocycles. The third-order valence-electron chi connectivity index (χ3n) is 2.60. The van der Waals surface area contributed by atoms with Crippen molar-refractivity contribution in [3.8, 4) is 11.1 Å². The number of rotatable bonds is 3. The molecule has 78 valence electrons. The van der Waals surface area contributed by atoms with E-state index in [0.717, 1.165) is 11.1 Å². The van der Waals surface area contributed by atoms with Crippen LogP contribution in [0.1, 0.15) is 5.56 Å². The first-order valence-corrected chi connectivity index (χ1v) is 5.29. The maximum atomic E-state index is 4.01. The highest BCUT2D eigenvalue weighted by atomic mass is 14.1. The average molecular weight is 206 g/mol. The van der Waals surface area contributed by atoms with Gasteiger partial charge in [0.05, 0.1) is 0 Å². The number of hydrogen-bond acceptors (Lipinski definition) is 0. The van der Waals surface area contributed by atoms with Crippen molar-refractivity contribution in [1.82, 2.24) is 0 Å².